The van der Waals surface area contributed by atoms with Crippen LogP contribution in [0.25, 0.3) is 16.9 Å². The number of benzene rings is 2. The van der Waals surface area contributed by atoms with Crippen molar-refractivity contribution in [1.29, 1.82) is 0 Å². The first-order valence-corrected chi connectivity index (χ1v) is 8.66. The summed E-state index contributed by atoms with van der Waals surface area (Å²) in [6, 6.07) is 16.5. The Morgan fingerprint density at radius 2 is 1.57 bits per heavy atom. The van der Waals surface area contributed by atoms with Crippen LogP contribution in [0, 0.1) is 13.8 Å². The Hall–Kier alpha value is -2.44. The van der Waals surface area contributed by atoms with E-state index in [4.69, 9.17) is 5.14 Å². The fourth-order valence-corrected chi connectivity index (χ4v) is 2.89. The third kappa shape index (κ3) is 3.18. The third-order valence-electron chi connectivity index (χ3n) is 3.64. The molecule has 0 aliphatic carbocycles. The lowest BCUT2D eigenvalue weighted by molar-refractivity contribution is 0.598. The zero-order valence-electron chi connectivity index (χ0n) is 12.9. The second-order valence-corrected chi connectivity index (χ2v) is 7.05. The fourth-order valence-electron chi connectivity index (χ4n) is 2.38. The summed E-state index contributed by atoms with van der Waals surface area (Å²) in [7, 11) is -3.68. The Kier molecular flexibility index (Phi) is 3.79. The molecule has 2 aromatic carbocycles. The van der Waals surface area contributed by atoms with Crippen molar-refractivity contribution in [2.45, 2.75) is 18.7 Å². The van der Waals surface area contributed by atoms with Crippen LogP contribution in [0.3, 0.4) is 0 Å². The first-order chi connectivity index (χ1) is 10.8. The van der Waals surface area contributed by atoms with Crippen molar-refractivity contribution >= 4 is 10.0 Å². The molecule has 0 aliphatic rings. The summed E-state index contributed by atoms with van der Waals surface area (Å²) in [6.07, 6.45) is 0. The van der Waals surface area contributed by atoms with Crippen molar-refractivity contribution in [3.63, 3.8) is 0 Å². The minimum absolute atomic E-state index is 0.0878. The Morgan fingerprint density at radius 1 is 0.957 bits per heavy atom. The van der Waals surface area contributed by atoms with Crippen molar-refractivity contribution in [3.05, 3.63) is 65.9 Å². The Balaban J connectivity index is 1.99. The lowest BCUT2D eigenvalue weighted by Crippen LogP contribution is -2.12. The predicted octanol–water partition coefficient (Wildman–Crippen LogP) is 2.80. The van der Waals surface area contributed by atoms with E-state index < -0.39 is 10.0 Å². The number of nitrogens with two attached hydrogens (primary N) is 1. The molecule has 0 amide bonds. The minimum Gasteiger partial charge on any atom is -0.237 e. The van der Waals surface area contributed by atoms with Crippen LogP contribution in [0.15, 0.2) is 59.5 Å². The van der Waals surface area contributed by atoms with Crippen LogP contribution in [0.5, 0.6) is 0 Å². The highest BCUT2D eigenvalue weighted by molar-refractivity contribution is 7.89. The van der Waals surface area contributed by atoms with Gasteiger partial charge < -0.3 is 0 Å². The molecule has 3 rings (SSSR count). The van der Waals surface area contributed by atoms with E-state index in [1.807, 2.05) is 44.2 Å². The van der Waals surface area contributed by atoms with E-state index in [0.29, 0.717) is 0 Å². The van der Waals surface area contributed by atoms with Crippen molar-refractivity contribution in [2.75, 3.05) is 0 Å². The summed E-state index contributed by atoms with van der Waals surface area (Å²) in [5.74, 6) is 0. The lowest BCUT2D eigenvalue weighted by atomic mass is 10.1. The van der Waals surface area contributed by atoms with Crippen LogP contribution in [0.4, 0.5) is 0 Å². The molecule has 0 atom stereocenters. The molecule has 0 unspecified atom stereocenters. The van der Waals surface area contributed by atoms with Gasteiger partial charge in [0.15, 0.2) is 0 Å². The number of hydrogen-bond acceptors (Lipinski definition) is 3. The molecule has 0 radical (unpaired) electrons. The number of sulfonamides is 1. The van der Waals surface area contributed by atoms with E-state index >= 15 is 0 Å². The molecular weight excluding hydrogens is 310 g/mol. The molecule has 0 fully saturated rings. The van der Waals surface area contributed by atoms with Gasteiger partial charge in [0.2, 0.25) is 10.0 Å². The average molecular weight is 327 g/mol. The lowest BCUT2D eigenvalue weighted by Gasteiger charge is -2.05. The Labute approximate surface area is 135 Å². The van der Waals surface area contributed by atoms with Gasteiger partial charge in [-0.25, -0.2) is 18.2 Å². The summed E-state index contributed by atoms with van der Waals surface area (Å²) in [4.78, 5) is 0.0878. The molecule has 6 heteroatoms. The SMILES string of the molecule is Cc1ccc(-c2cc(C)n(-c3ccc(S(N)(=O)=O)cc3)n2)cc1. The van der Waals surface area contributed by atoms with E-state index in [0.717, 1.165) is 22.6 Å². The van der Waals surface area contributed by atoms with E-state index in [1.54, 1.807) is 16.8 Å². The molecule has 1 aromatic heterocycles. The number of hydrogen-bond donors (Lipinski definition) is 1. The summed E-state index contributed by atoms with van der Waals surface area (Å²) in [5, 5.41) is 9.73. The highest BCUT2D eigenvalue weighted by atomic mass is 32.2. The van der Waals surface area contributed by atoms with Gasteiger partial charge in [0.25, 0.3) is 0 Å². The van der Waals surface area contributed by atoms with Crippen LogP contribution < -0.4 is 5.14 Å². The van der Waals surface area contributed by atoms with Gasteiger partial charge in [0, 0.05) is 11.3 Å². The zero-order valence-corrected chi connectivity index (χ0v) is 13.7. The van der Waals surface area contributed by atoms with Gasteiger partial charge >= 0.3 is 0 Å². The zero-order chi connectivity index (χ0) is 16.6. The highest BCUT2D eigenvalue weighted by Gasteiger charge is 2.10. The number of rotatable bonds is 3. The van der Waals surface area contributed by atoms with Crippen molar-refractivity contribution in [3.8, 4) is 16.9 Å². The van der Waals surface area contributed by atoms with E-state index in [2.05, 4.69) is 5.10 Å². The van der Waals surface area contributed by atoms with Gasteiger partial charge in [-0.1, -0.05) is 29.8 Å². The van der Waals surface area contributed by atoms with Crippen LogP contribution in [-0.2, 0) is 10.0 Å². The maximum atomic E-state index is 11.3. The Morgan fingerprint density at radius 3 is 2.13 bits per heavy atom. The summed E-state index contributed by atoms with van der Waals surface area (Å²) in [5.41, 5.74) is 4.86. The quantitative estimate of drug-likeness (QED) is 0.803. The third-order valence-corrected chi connectivity index (χ3v) is 4.57. The van der Waals surface area contributed by atoms with E-state index in [-0.39, 0.29) is 4.90 Å². The number of nitrogens with zero attached hydrogens (tertiary/aromatic N) is 2. The van der Waals surface area contributed by atoms with Gasteiger partial charge in [-0.05, 0) is 44.2 Å². The van der Waals surface area contributed by atoms with Gasteiger partial charge in [0.05, 0.1) is 16.3 Å². The molecule has 0 saturated carbocycles. The number of primary sulfonamides is 1. The highest BCUT2D eigenvalue weighted by Crippen LogP contribution is 2.22. The maximum Gasteiger partial charge on any atom is 0.238 e. The van der Waals surface area contributed by atoms with Crippen molar-refractivity contribution in [2.24, 2.45) is 5.14 Å². The van der Waals surface area contributed by atoms with Gasteiger partial charge in [-0.15, -0.1) is 0 Å². The first-order valence-electron chi connectivity index (χ1n) is 7.11. The molecule has 3 aromatic rings. The minimum atomic E-state index is -3.68. The van der Waals surface area contributed by atoms with Crippen molar-refractivity contribution in [1.82, 2.24) is 9.78 Å². The molecule has 5 nitrogen and oxygen atoms in total. The monoisotopic (exact) mass is 327 g/mol. The summed E-state index contributed by atoms with van der Waals surface area (Å²) in [6.45, 7) is 4.00. The van der Waals surface area contributed by atoms with Crippen LogP contribution >= 0.6 is 0 Å². The molecule has 2 N–H and O–H groups in total. The topological polar surface area (TPSA) is 78.0 Å². The maximum absolute atomic E-state index is 11.3. The van der Waals surface area contributed by atoms with Crippen molar-refractivity contribution < 1.29 is 8.42 Å². The van der Waals surface area contributed by atoms with E-state index in [9.17, 15) is 8.42 Å². The van der Waals surface area contributed by atoms with Crippen LogP contribution in [-0.4, -0.2) is 18.2 Å². The number of aromatic nitrogens is 2. The molecule has 0 saturated heterocycles. The van der Waals surface area contributed by atoms with Crippen LogP contribution in [0.1, 0.15) is 11.3 Å². The summed E-state index contributed by atoms with van der Waals surface area (Å²) >= 11 is 0. The average Bonchev–Trinajstić information content (AvgIpc) is 2.89. The Bertz CT molecular complexity index is 941. The largest absolute Gasteiger partial charge is 0.238 e. The first kappa shape index (κ1) is 15.5. The van der Waals surface area contributed by atoms with Crippen LogP contribution in [0.2, 0.25) is 0 Å². The smallest absolute Gasteiger partial charge is 0.237 e. The molecule has 0 spiro atoms. The molecule has 0 aliphatic heterocycles. The second-order valence-electron chi connectivity index (χ2n) is 5.49. The summed E-state index contributed by atoms with van der Waals surface area (Å²) < 4.78 is 24.4. The number of aryl methyl sites for hydroxylation is 2. The standard InChI is InChI=1S/C17H17N3O2S/c1-12-3-5-14(6-4-12)17-11-13(2)20(19-17)15-7-9-16(10-8-15)23(18,21)22/h3-11H,1-2H3,(H2,18,21,22). The fraction of sp³-hybridized carbons (Fsp3) is 0.118. The normalized spacial score (nSPS) is 11.6. The molecular formula is C17H17N3O2S. The molecule has 118 valence electrons. The van der Waals surface area contributed by atoms with E-state index in [1.165, 1.54) is 17.7 Å². The predicted molar refractivity (Wildman–Crippen MR) is 89.8 cm³/mol. The second kappa shape index (κ2) is 5.64. The molecule has 23 heavy (non-hydrogen) atoms. The molecule has 0 bridgehead atoms. The van der Waals surface area contributed by atoms with Gasteiger partial charge in [-0.3, -0.25) is 0 Å². The molecule has 1 heterocycles. The van der Waals surface area contributed by atoms with Gasteiger partial charge in [0.1, 0.15) is 0 Å². The van der Waals surface area contributed by atoms with Gasteiger partial charge in [-0.2, -0.15) is 5.10 Å².